The first-order valence-corrected chi connectivity index (χ1v) is 8.13. The van der Waals surface area contributed by atoms with Crippen LogP contribution in [0.5, 0.6) is 5.75 Å². The molecule has 0 bridgehead atoms. The summed E-state index contributed by atoms with van der Waals surface area (Å²) in [5, 5.41) is 0.0404. The Balaban J connectivity index is 2.31. The number of nitrogens with two attached hydrogens (primary N) is 1. The highest BCUT2D eigenvalue weighted by molar-refractivity contribution is 9.11. The van der Waals surface area contributed by atoms with Gasteiger partial charge in [-0.2, -0.15) is 0 Å². The van der Waals surface area contributed by atoms with Gasteiger partial charge in [-0.3, -0.25) is 0 Å². The second-order valence-electron chi connectivity index (χ2n) is 4.30. The van der Waals surface area contributed by atoms with Crippen molar-refractivity contribution < 1.29 is 9.13 Å². The van der Waals surface area contributed by atoms with Gasteiger partial charge in [0.05, 0.1) is 8.81 Å². The molecule has 1 aromatic heterocycles. The Bertz CT molecular complexity index is 592. The number of benzene rings is 1. The minimum atomic E-state index is -0.557. The molecule has 6 heteroatoms. The number of rotatable bonds is 5. The van der Waals surface area contributed by atoms with Crippen LogP contribution in [0.3, 0.4) is 0 Å². The minimum Gasteiger partial charge on any atom is -0.480 e. The van der Waals surface area contributed by atoms with E-state index in [-0.39, 0.29) is 16.8 Å². The topological polar surface area (TPSA) is 35.2 Å². The maximum Gasteiger partial charge on any atom is 0.183 e. The number of halogens is 3. The van der Waals surface area contributed by atoms with E-state index in [0.717, 1.165) is 15.1 Å². The van der Waals surface area contributed by atoms with E-state index in [9.17, 15) is 4.39 Å². The number of ether oxygens (including phenoxy) is 1. The molecule has 0 spiro atoms. The van der Waals surface area contributed by atoms with Crippen LogP contribution < -0.4 is 10.5 Å². The second-order valence-corrected chi connectivity index (χ2v) is 7.21. The summed E-state index contributed by atoms with van der Waals surface area (Å²) >= 11 is 10.7. The molecular weight excluding hydrogens is 365 g/mol. The van der Waals surface area contributed by atoms with E-state index in [4.69, 9.17) is 22.1 Å². The molecule has 0 aliphatic rings. The fourth-order valence-electron chi connectivity index (χ4n) is 1.76. The lowest BCUT2D eigenvalue weighted by Gasteiger charge is -2.23. The summed E-state index contributed by atoms with van der Waals surface area (Å²) in [5.74, 6) is -0.436. The summed E-state index contributed by atoms with van der Waals surface area (Å²) in [7, 11) is 0. The molecule has 0 amide bonds. The van der Waals surface area contributed by atoms with Crippen LogP contribution in [0.2, 0.25) is 5.02 Å². The van der Waals surface area contributed by atoms with Gasteiger partial charge in [0.1, 0.15) is 6.10 Å². The lowest BCUT2D eigenvalue weighted by Crippen LogP contribution is -2.31. The highest BCUT2D eigenvalue weighted by Crippen LogP contribution is 2.34. The first kappa shape index (κ1) is 15.8. The SMILES string of the molecule is CCC(N)C(Oc1cccc(Cl)c1F)c1ccc(Br)s1. The number of hydrogen-bond acceptors (Lipinski definition) is 3. The Kier molecular flexibility index (Phi) is 5.43. The van der Waals surface area contributed by atoms with Gasteiger partial charge in [0.15, 0.2) is 11.6 Å². The van der Waals surface area contributed by atoms with Gasteiger partial charge in [-0.15, -0.1) is 11.3 Å². The lowest BCUT2D eigenvalue weighted by molar-refractivity contribution is 0.167. The number of hydrogen-bond donors (Lipinski definition) is 1. The largest absolute Gasteiger partial charge is 0.480 e. The third-order valence-corrected chi connectivity index (χ3v) is 4.88. The van der Waals surface area contributed by atoms with Gasteiger partial charge >= 0.3 is 0 Å². The van der Waals surface area contributed by atoms with Crippen LogP contribution >= 0.6 is 38.9 Å². The smallest absolute Gasteiger partial charge is 0.183 e. The lowest BCUT2D eigenvalue weighted by atomic mass is 10.1. The van der Waals surface area contributed by atoms with E-state index < -0.39 is 11.9 Å². The first-order valence-electron chi connectivity index (χ1n) is 6.14. The summed E-state index contributed by atoms with van der Waals surface area (Å²) in [6.45, 7) is 1.97. The van der Waals surface area contributed by atoms with Crippen molar-refractivity contribution in [3.8, 4) is 5.75 Å². The monoisotopic (exact) mass is 377 g/mol. The molecule has 2 N–H and O–H groups in total. The molecule has 20 heavy (non-hydrogen) atoms. The van der Waals surface area contributed by atoms with Crippen molar-refractivity contribution in [2.45, 2.75) is 25.5 Å². The van der Waals surface area contributed by atoms with Crippen molar-refractivity contribution in [1.82, 2.24) is 0 Å². The van der Waals surface area contributed by atoms with Crippen LogP contribution in [-0.2, 0) is 0 Å². The molecule has 0 saturated carbocycles. The van der Waals surface area contributed by atoms with Crippen LogP contribution in [0, 0.1) is 5.82 Å². The van der Waals surface area contributed by atoms with Crippen molar-refractivity contribution in [3.63, 3.8) is 0 Å². The molecular formula is C14H14BrClFNOS. The van der Waals surface area contributed by atoms with Crippen molar-refractivity contribution in [3.05, 3.63) is 49.8 Å². The molecule has 0 radical (unpaired) electrons. The maximum atomic E-state index is 13.9. The van der Waals surface area contributed by atoms with Gasteiger partial charge in [0, 0.05) is 10.9 Å². The Morgan fingerprint density at radius 3 is 2.75 bits per heavy atom. The van der Waals surface area contributed by atoms with Crippen molar-refractivity contribution in [1.29, 1.82) is 0 Å². The standard InChI is InChI=1S/C14H14BrClFNOS/c1-2-9(18)14(11-6-7-12(15)20-11)19-10-5-3-4-8(16)13(10)17/h3-7,9,14H,2,18H2,1H3. The number of thiophene rings is 1. The molecule has 1 aromatic carbocycles. The molecule has 0 aliphatic carbocycles. The normalized spacial score (nSPS) is 14.1. The minimum absolute atomic E-state index is 0.0404. The van der Waals surface area contributed by atoms with E-state index >= 15 is 0 Å². The van der Waals surface area contributed by atoms with Gasteiger partial charge in [0.2, 0.25) is 0 Å². The molecule has 2 nitrogen and oxygen atoms in total. The molecule has 2 unspecified atom stereocenters. The van der Waals surface area contributed by atoms with E-state index in [1.807, 2.05) is 19.1 Å². The second kappa shape index (κ2) is 6.89. The third kappa shape index (κ3) is 3.52. The Morgan fingerprint density at radius 2 is 2.15 bits per heavy atom. The quantitative estimate of drug-likeness (QED) is 0.780. The van der Waals surface area contributed by atoms with Gasteiger partial charge in [-0.25, -0.2) is 4.39 Å². The molecule has 1 heterocycles. The van der Waals surface area contributed by atoms with Crippen molar-refractivity contribution in [2.24, 2.45) is 5.73 Å². The molecule has 0 aliphatic heterocycles. The van der Waals surface area contributed by atoms with Crippen LogP contribution in [-0.4, -0.2) is 6.04 Å². The van der Waals surface area contributed by atoms with Crippen LogP contribution in [0.25, 0.3) is 0 Å². The average Bonchev–Trinajstić information content (AvgIpc) is 2.86. The predicted molar refractivity (Wildman–Crippen MR) is 85.1 cm³/mol. The predicted octanol–water partition coefficient (Wildman–Crippen LogP) is 5.16. The molecule has 108 valence electrons. The average molecular weight is 379 g/mol. The van der Waals surface area contributed by atoms with E-state index in [0.29, 0.717) is 0 Å². The highest BCUT2D eigenvalue weighted by atomic mass is 79.9. The highest BCUT2D eigenvalue weighted by Gasteiger charge is 2.24. The van der Waals surface area contributed by atoms with E-state index in [1.165, 1.54) is 17.4 Å². The molecule has 0 fully saturated rings. The van der Waals surface area contributed by atoms with Crippen molar-refractivity contribution >= 4 is 38.9 Å². The van der Waals surface area contributed by atoms with Gasteiger partial charge in [0.25, 0.3) is 0 Å². The fourth-order valence-corrected chi connectivity index (χ4v) is 3.46. The van der Waals surface area contributed by atoms with Crippen LogP contribution in [0.4, 0.5) is 4.39 Å². The zero-order valence-corrected chi connectivity index (χ0v) is 13.9. The molecule has 2 aromatic rings. The summed E-state index contributed by atoms with van der Waals surface area (Å²) in [5.41, 5.74) is 6.11. The van der Waals surface area contributed by atoms with Crippen molar-refractivity contribution in [2.75, 3.05) is 0 Å². The Morgan fingerprint density at radius 1 is 1.40 bits per heavy atom. The first-order chi connectivity index (χ1) is 9.52. The maximum absolute atomic E-state index is 13.9. The summed E-state index contributed by atoms with van der Waals surface area (Å²) in [6.07, 6.45) is 0.326. The van der Waals surface area contributed by atoms with Gasteiger partial charge < -0.3 is 10.5 Å². The summed E-state index contributed by atoms with van der Waals surface area (Å²) < 4.78 is 20.7. The van der Waals surface area contributed by atoms with E-state index in [1.54, 1.807) is 12.1 Å². The molecule has 2 rings (SSSR count). The van der Waals surface area contributed by atoms with E-state index in [2.05, 4.69) is 15.9 Å². The van der Waals surface area contributed by atoms with Crippen LogP contribution in [0.1, 0.15) is 24.3 Å². The Hall–Kier alpha value is -0.620. The molecule has 2 atom stereocenters. The fraction of sp³-hybridized carbons (Fsp3) is 0.286. The third-order valence-electron chi connectivity index (χ3n) is 2.90. The van der Waals surface area contributed by atoms with Gasteiger partial charge in [-0.05, 0) is 46.6 Å². The van der Waals surface area contributed by atoms with Gasteiger partial charge in [-0.1, -0.05) is 24.6 Å². The zero-order valence-electron chi connectivity index (χ0n) is 10.8. The summed E-state index contributed by atoms with van der Waals surface area (Å²) in [6, 6.07) is 8.32. The van der Waals surface area contributed by atoms with Crippen LogP contribution in [0.15, 0.2) is 34.1 Å². The molecule has 0 saturated heterocycles. The summed E-state index contributed by atoms with van der Waals surface area (Å²) in [4.78, 5) is 0.950. The zero-order chi connectivity index (χ0) is 14.7. The Labute approximate surface area is 134 Å².